The van der Waals surface area contributed by atoms with Crippen LogP contribution in [-0.4, -0.2) is 23.8 Å². The summed E-state index contributed by atoms with van der Waals surface area (Å²) in [5.41, 5.74) is 0. The third kappa shape index (κ3) is 5.28. The highest BCUT2D eigenvalue weighted by atomic mass is 16.5. The highest BCUT2D eigenvalue weighted by Gasteiger charge is 2.06. The second-order valence-electron chi connectivity index (χ2n) is 5.22. The Morgan fingerprint density at radius 1 is 0.909 bits per heavy atom. The van der Waals surface area contributed by atoms with Gasteiger partial charge in [0.05, 0.1) is 6.10 Å². The Labute approximate surface area is 132 Å². The van der Waals surface area contributed by atoms with Gasteiger partial charge in [-0.1, -0.05) is 13.0 Å². The van der Waals surface area contributed by atoms with Crippen LogP contribution < -0.4 is 14.2 Å². The molecule has 0 radical (unpaired) electrons. The predicted molar refractivity (Wildman–Crippen MR) is 86.6 cm³/mol. The minimum absolute atomic E-state index is 0.0778. The van der Waals surface area contributed by atoms with Gasteiger partial charge in [-0.15, -0.1) is 0 Å². The Balaban J connectivity index is 1.79. The number of aromatic nitrogens is 1. The normalized spacial score (nSPS) is 13.2. The predicted octanol–water partition coefficient (Wildman–Crippen LogP) is 4.11. The molecule has 1 aromatic carbocycles. The summed E-state index contributed by atoms with van der Waals surface area (Å²) in [4.78, 5) is 4.13. The molecule has 1 heterocycles. The molecule has 0 saturated carbocycles. The zero-order valence-electron chi connectivity index (χ0n) is 13.4. The molecule has 0 amide bonds. The molecule has 0 aliphatic heterocycles. The lowest BCUT2D eigenvalue weighted by Crippen LogP contribution is -2.21. The first-order valence-electron chi connectivity index (χ1n) is 7.64. The fourth-order valence-electron chi connectivity index (χ4n) is 1.80. The molecule has 4 nitrogen and oxygen atoms in total. The number of benzene rings is 1. The summed E-state index contributed by atoms with van der Waals surface area (Å²) < 4.78 is 17.1. The first kappa shape index (κ1) is 16.1. The number of rotatable bonds is 8. The van der Waals surface area contributed by atoms with Gasteiger partial charge in [-0.3, -0.25) is 0 Å². The molecule has 0 aliphatic rings. The summed E-state index contributed by atoms with van der Waals surface area (Å²) in [5, 5.41) is 0. The van der Waals surface area contributed by atoms with E-state index in [1.165, 1.54) is 0 Å². The lowest BCUT2D eigenvalue weighted by Gasteiger charge is -2.16. The van der Waals surface area contributed by atoms with E-state index in [-0.39, 0.29) is 12.2 Å². The first-order valence-corrected chi connectivity index (χ1v) is 7.64. The third-order valence-electron chi connectivity index (χ3n) is 3.18. The van der Waals surface area contributed by atoms with Gasteiger partial charge in [0.1, 0.15) is 24.2 Å². The Morgan fingerprint density at radius 2 is 1.64 bits per heavy atom. The number of hydrogen-bond donors (Lipinski definition) is 0. The van der Waals surface area contributed by atoms with Crippen molar-refractivity contribution in [2.45, 2.75) is 39.4 Å². The molecule has 22 heavy (non-hydrogen) atoms. The van der Waals surface area contributed by atoms with Crippen LogP contribution in [0, 0.1) is 0 Å². The Bertz CT molecular complexity index is 542. The lowest BCUT2D eigenvalue weighted by molar-refractivity contribution is 0.138. The molecule has 118 valence electrons. The lowest BCUT2D eigenvalue weighted by atomic mass is 10.3. The summed E-state index contributed by atoms with van der Waals surface area (Å²) in [6, 6.07) is 13.2. The standard InChI is InChI=1S/C18H23NO3/c1-4-14(2)21-17-10-8-16(9-11-17)20-13-15(3)22-18-7-5-6-12-19-18/h5-12,14-15H,4,13H2,1-3H3. The highest BCUT2D eigenvalue weighted by molar-refractivity contribution is 5.31. The first-order chi connectivity index (χ1) is 10.7. The maximum Gasteiger partial charge on any atom is 0.213 e. The van der Waals surface area contributed by atoms with E-state index in [9.17, 15) is 0 Å². The molecule has 0 aliphatic carbocycles. The smallest absolute Gasteiger partial charge is 0.213 e. The molecule has 2 aromatic rings. The van der Waals surface area contributed by atoms with Crippen molar-refractivity contribution in [3.8, 4) is 17.4 Å². The van der Waals surface area contributed by atoms with Crippen LogP contribution in [-0.2, 0) is 0 Å². The van der Waals surface area contributed by atoms with Gasteiger partial charge < -0.3 is 14.2 Å². The monoisotopic (exact) mass is 301 g/mol. The average Bonchev–Trinajstić information content (AvgIpc) is 2.55. The molecule has 2 rings (SSSR count). The van der Waals surface area contributed by atoms with Crippen molar-refractivity contribution in [2.24, 2.45) is 0 Å². The quantitative estimate of drug-likeness (QED) is 0.736. The molecule has 1 aromatic heterocycles. The van der Waals surface area contributed by atoms with E-state index in [1.54, 1.807) is 6.20 Å². The number of hydrogen-bond acceptors (Lipinski definition) is 4. The van der Waals surface area contributed by atoms with E-state index in [0.717, 1.165) is 17.9 Å². The fourth-order valence-corrected chi connectivity index (χ4v) is 1.80. The molecule has 4 heteroatoms. The van der Waals surface area contributed by atoms with Crippen LogP contribution in [0.4, 0.5) is 0 Å². The molecule has 0 saturated heterocycles. The van der Waals surface area contributed by atoms with Crippen LogP contribution in [0.3, 0.4) is 0 Å². The maximum atomic E-state index is 5.73. The van der Waals surface area contributed by atoms with Crippen molar-refractivity contribution in [3.63, 3.8) is 0 Å². The molecular formula is C18H23NO3. The second-order valence-corrected chi connectivity index (χ2v) is 5.22. The van der Waals surface area contributed by atoms with Gasteiger partial charge in [0.2, 0.25) is 5.88 Å². The zero-order chi connectivity index (χ0) is 15.8. The van der Waals surface area contributed by atoms with Gasteiger partial charge in [0, 0.05) is 12.3 Å². The van der Waals surface area contributed by atoms with Crippen molar-refractivity contribution < 1.29 is 14.2 Å². The van der Waals surface area contributed by atoms with Crippen molar-refractivity contribution in [2.75, 3.05) is 6.61 Å². The summed E-state index contributed by atoms with van der Waals surface area (Å²) in [5.74, 6) is 2.27. The van der Waals surface area contributed by atoms with Crippen LogP contribution in [0.2, 0.25) is 0 Å². The van der Waals surface area contributed by atoms with Crippen molar-refractivity contribution in [3.05, 3.63) is 48.7 Å². The van der Waals surface area contributed by atoms with E-state index in [2.05, 4.69) is 18.8 Å². The minimum Gasteiger partial charge on any atom is -0.491 e. The number of pyridine rings is 1. The van der Waals surface area contributed by atoms with Gasteiger partial charge in [0.15, 0.2) is 0 Å². The Hall–Kier alpha value is -2.23. The van der Waals surface area contributed by atoms with Crippen molar-refractivity contribution in [1.29, 1.82) is 0 Å². The van der Waals surface area contributed by atoms with E-state index in [4.69, 9.17) is 14.2 Å². The molecule has 0 fully saturated rings. The highest BCUT2D eigenvalue weighted by Crippen LogP contribution is 2.19. The molecule has 2 unspecified atom stereocenters. The van der Waals surface area contributed by atoms with Gasteiger partial charge in [-0.2, -0.15) is 0 Å². The van der Waals surface area contributed by atoms with Crippen LogP contribution >= 0.6 is 0 Å². The minimum atomic E-state index is -0.0778. The zero-order valence-corrected chi connectivity index (χ0v) is 13.4. The molecule has 2 atom stereocenters. The van der Waals surface area contributed by atoms with Gasteiger partial charge in [0.25, 0.3) is 0 Å². The van der Waals surface area contributed by atoms with E-state index in [1.807, 2.05) is 49.4 Å². The largest absolute Gasteiger partial charge is 0.491 e. The summed E-state index contributed by atoms with van der Waals surface area (Å²) >= 11 is 0. The number of ether oxygens (including phenoxy) is 3. The Kier molecular flexibility index (Phi) is 6.07. The van der Waals surface area contributed by atoms with E-state index < -0.39 is 0 Å². The van der Waals surface area contributed by atoms with Crippen LogP contribution in [0.25, 0.3) is 0 Å². The topological polar surface area (TPSA) is 40.6 Å². The summed E-state index contributed by atoms with van der Waals surface area (Å²) in [6.45, 7) is 6.57. The summed E-state index contributed by atoms with van der Waals surface area (Å²) in [7, 11) is 0. The summed E-state index contributed by atoms with van der Waals surface area (Å²) in [6.07, 6.45) is 2.84. The van der Waals surface area contributed by atoms with Crippen LogP contribution in [0.5, 0.6) is 17.4 Å². The van der Waals surface area contributed by atoms with Gasteiger partial charge in [-0.25, -0.2) is 4.98 Å². The SMILES string of the molecule is CCC(C)Oc1ccc(OCC(C)Oc2ccccn2)cc1. The maximum absolute atomic E-state index is 5.73. The van der Waals surface area contributed by atoms with Gasteiger partial charge in [-0.05, 0) is 50.6 Å². The molecule has 0 spiro atoms. The number of nitrogens with zero attached hydrogens (tertiary/aromatic N) is 1. The van der Waals surface area contributed by atoms with Gasteiger partial charge >= 0.3 is 0 Å². The van der Waals surface area contributed by atoms with E-state index >= 15 is 0 Å². The van der Waals surface area contributed by atoms with Crippen LogP contribution in [0.1, 0.15) is 27.2 Å². The fraction of sp³-hybridized carbons (Fsp3) is 0.389. The third-order valence-corrected chi connectivity index (χ3v) is 3.18. The molecule has 0 bridgehead atoms. The molecule has 0 N–H and O–H groups in total. The molecular weight excluding hydrogens is 278 g/mol. The van der Waals surface area contributed by atoms with Crippen LogP contribution in [0.15, 0.2) is 48.7 Å². The van der Waals surface area contributed by atoms with Crippen molar-refractivity contribution >= 4 is 0 Å². The second kappa shape index (κ2) is 8.27. The Morgan fingerprint density at radius 3 is 2.27 bits per heavy atom. The average molecular weight is 301 g/mol. The van der Waals surface area contributed by atoms with E-state index in [0.29, 0.717) is 12.5 Å². The van der Waals surface area contributed by atoms with Crippen molar-refractivity contribution in [1.82, 2.24) is 4.98 Å².